The number of benzene rings is 1. The Hall–Kier alpha value is -2.90. The molecule has 2 bridgehead atoms. The average molecular weight is 446 g/mol. The van der Waals surface area contributed by atoms with Crippen molar-refractivity contribution in [1.29, 1.82) is 0 Å². The third-order valence-corrected chi connectivity index (χ3v) is 7.56. The zero-order valence-corrected chi connectivity index (χ0v) is 19.5. The van der Waals surface area contributed by atoms with E-state index in [1.54, 1.807) is 0 Å². The molecule has 0 saturated carbocycles. The van der Waals surface area contributed by atoms with E-state index in [1.807, 2.05) is 42.8 Å². The first kappa shape index (κ1) is 20.7. The van der Waals surface area contributed by atoms with Crippen LogP contribution in [0.25, 0.3) is 17.3 Å². The van der Waals surface area contributed by atoms with Crippen molar-refractivity contribution in [2.24, 2.45) is 0 Å². The topological polar surface area (TPSA) is 74.9 Å². The van der Waals surface area contributed by atoms with Gasteiger partial charge in [0.15, 0.2) is 5.65 Å². The Morgan fingerprint density at radius 2 is 1.88 bits per heavy atom. The highest BCUT2D eigenvalue weighted by Crippen LogP contribution is 2.37. The molecular weight excluding hydrogens is 414 g/mol. The van der Waals surface area contributed by atoms with Crippen LogP contribution < -0.4 is 10.1 Å². The van der Waals surface area contributed by atoms with Gasteiger partial charge in [-0.2, -0.15) is 0 Å². The summed E-state index contributed by atoms with van der Waals surface area (Å²) in [5.41, 5.74) is 5.94. The second-order valence-corrected chi connectivity index (χ2v) is 9.86. The van der Waals surface area contributed by atoms with E-state index in [0.717, 1.165) is 28.3 Å². The van der Waals surface area contributed by atoms with Gasteiger partial charge in [-0.15, -0.1) is 0 Å². The Morgan fingerprint density at radius 1 is 1.09 bits per heavy atom. The molecule has 0 amide bonds. The van der Waals surface area contributed by atoms with Gasteiger partial charge in [0.2, 0.25) is 6.29 Å². The Balaban J connectivity index is 1.25. The molecule has 172 valence electrons. The third-order valence-electron chi connectivity index (χ3n) is 7.56. The summed E-state index contributed by atoms with van der Waals surface area (Å²) in [6.07, 6.45) is 11.1. The number of aliphatic hydroxyl groups excluding tert-OH is 1. The molecule has 1 aromatic carbocycles. The Bertz CT molecular complexity index is 1230. The number of aliphatic hydroxyl groups is 1. The average Bonchev–Trinajstić information content (AvgIpc) is 3.18. The number of rotatable bonds is 3. The summed E-state index contributed by atoms with van der Waals surface area (Å²) >= 11 is 0. The predicted octanol–water partition coefficient (Wildman–Crippen LogP) is 4.02. The van der Waals surface area contributed by atoms with Gasteiger partial charge in [0.05, 0.1) is 17.1 Å². The summed E-state index contributed by atoms with van der Waals surface area (Å²) in [6.45, 7) is 3.91. The van der Waals surface area contributed by atoms with Crippen LogP contribution in [-0.4, -0.2) is 55.8 Å². The van der Waals surface area contributed by atoms with E-state index in [4.69, 9.17) is 9.72 Å². The molecule has 0 aliphatic carbocycles. The molecule has 2 aromatic heterocycles. The number of fused-ring (bicyclic) bond motifs is 4. The molecule has 6 rings (SSSR count). The van der Waals surface area contributed by atoms with Gasteiger partial charge in [-0.1, -0.05) is 6.42 Å². The molecule has 7 nitrogen and oxygen atoms in total. The van der Waals surface area contributed by atoms with Crippen molar-refractivity contribution in [2.75, 3.05) is 12.4 Å². The summed E-state index contributed by atoms with van der Waals surface area (Å²) < 4.78 is 7.90. The number of hydrogen-bond donors (Lipinski definition) is 2. The SMILES string of the molecule is Cc1cn2cc(C3=Cc4ccc(NC5C[C@H]6CCC[C@@H](C5)N6C)cc4OC3O)nc2c(C)n1. The van der Waals surface area contributed by atoms with Crippen molar-refractivity contribution in [3.8, 4) is 5.75 Å². The van der Waals surface area contributed by atoms with Crippen molar-refractivity contribution in [2.45, 2.75) is 70.4 Å². The zero-order valence-electron chi connectivity index (χ0n) is 19.5. The number of piperidine rings is 2. The van der Waals surface area contributed by atoms with Crippen molar-refractivity contribution in [3.05, 3.63) is 53.2 Å². The molecule has 3 aliphatic rings. The van der Waals surface area contributed by atoms with Crippen LogP contribution in [0, 0.1) is 13.8 Å². The first-order valence-electron chi connectivity index (χ1n) is 12.0. The highest BCUT2D eigenvalue weighted by Gasteiger charge is 2.36. The van der Waals surface area contributed by atoms with Crippen LogP contribution in [0.2, 0.25) is 0 Å². The molecule has 2 fully saturated rings. The van der Waals surface area contributed by atoms with Crippen LogP contribution in [0.3, 0.4) is 0 Å². The van der Waals surface area contributed by atoms with Gasteiger partial charge in [-0.3, -0.25) is 4.98 Å². The second kappa shape index (κ2) is 7.85. The number of aryl methyl sites for hydroxylation is 2. The molecule has 0 spiro atoms. The minimum Gasteiger partial charge on any atom is -0.460 e. The number of ether oxygens (including phenoxy) is 1. The zero-order chi connectivity index (χ0) is 22.7. The van der Waals surface area contributed by atoms with Crippen LogP contribution in [0.15, 0.2) is 30.6 Å². The van der Waals surface area contributed by atoms with Crippen LogP contribution in [0.4, 0.5) is 5.69 Å². The van der Waals surface area contributed by atoms with Gasteiger partial charge in [0.25, 0.3) is 0 Å². The van der Waals surface area contributed by atoms with Crippen molar-refractivity contribution in [1.82, 2.24) is 19.3 Å². The summed E-state index contributed by atoms with van der Waals surface area (Å²) in [5, 5.41) is 14.5. The van der Waals surface area contributed by atoms with Gasteiger partial charge in [-0.05, 0) is 64.8 Å². The molecule has 3 aromatic rings. The van der Waals surface area contributed by atoms with E-state index in [1.165, 1.54) is 32.1 Å². The maximum Gasteiger partial charge on any atom is 0.226 e. The highest BCUT2D eigenvalue weighted by atomic mass is 16.6. The standard InChI is InChI=1S/C26H31N5O2/c1-15-13-31-14-23(29-25(31)16(2)27-15)22-9-17-7-8-18(12-24(17)33-26(22)32)28-19-10-20-5-4-6-21(11-19)30(20)3/h7-9,12-14,19-21,26,28,32H,4-6,10-11H2,1-3H3/t19?,20-,21+,26?. The first-order valence-corrected chi connectivity index (χ1v) is 12.0. The summed E-state index contributed by atoms with van der Waals surface area (Å²) in [7, 11) is 2.28. The normalized spacial score (nSPS) is 27.1. The van der Waals surface area contributed by atoms with E-state index >= 15 is 0 Å². The molecule has 7 heteroatoms. The van der Waals surface area contributed by atoms with E-state index in [2.05, 4.69) is 34.4 Å². The molecule has 0 radical (unpaired) electrons. The summed E-state index contributed by atoms with van der Waals surface area (Å²) in [4.78, 5) is 11.8. The van der Waals surface area contributed by atoms with Crippen molar-refractivity contribution in [3.63, 3.8) is 0 Å². The van der Waals surface area contributed by atoms with E-state index in [9.17, 15) is 5.11 Å². The predicted molar refractivity (Wildman–Crippen MR) is 129 cm³/mol. The number of nitrogens with zero attached hydrogens (tertiary/aromatic N) is 4. The molecule has 4 atom stereocenters. The highest BCUT2D eigenvalue weighted by molar-refractivity contribution is 5.86. The van der Waals surface area contributed by atoms with E-state index in [0.29, 0.717) is 35.1 Å². The number of nitrogens with one attached hydrogen (secondary N) is 1. The van der Waals surface area contributed by atoms with Crippen LogP contribution in [0.5, 0.6) is 5.75 Å². The number of anilines is 1. The van der Waals surface area contributed by atoms with Gasteiger partial charge in [-0.25, -0.2) is 4.98 Å². The fourth-order valence-electron chi connectivity index (χ4n) is 5.88. The molecular formula is C26H31N5O2. The lowest BCUT2D eigenvalue weighted by Gasteiger charge is -2.47. The molecule has 5 heterocycles. The van der Waals surface area contributed by atoms with Crippen molar-refractivity contribution < 1.29 is 9.84 Å². The molecule has 2 N–H and O–H groups in total. The smallest absolute Gasteiger partial charge is 0.226 e. The third kappa shape index (κ3) is 3.69. The Morgan fingerprint density at radius 3 is 2.67 bits per heavy atom. The molecule has 2 unspecified atom stereocenters. The van der Waals surface area contributed by atoms with E-state index < -0.39 is 6.29 Å². The number of hydrogen-bond acceptors (Lipinski definition) is 6. The van der Waals surface area contributed by atoms with Crippen LogP contribution in [0.1, 0.15) is 54.7 Å². The van der Waals surface area contributed by atoms with Gasteiger partial charge in [0.1, 0.15) is 5.75 Å². The Labute approximate surface area is 194 Å². The summed E-state index contributed by atoms with van der Waals surface area (Å²) in [5.74, 6) is 0.696. The summed E-state index contributed by atoms with van der Waals surface area (Å²) in [6, 6.07) is 8.04. The van der Waals surface area contributed by atoms with Gasteiger partial charge >= 0.3 is 0 Å². The lowest BCUT2D eigenvalue weighted by atomic mass is 9.82. The minimum absolute atomic E-state index is 0.479. The maximum atomic E-state index is 10.8. The molecule has 2 saturated heterocycles. The first-order chi connectivity index (χ1) is 15.9. The fraction of sp³-hybridized carbons (Fsp3) is 0.462. The fourth-order valence-corrected chi connectivity index (χ4v) is 5.88. The second-order valence-electron chi connectivity index (χ2n) is 9.86. The largest absolute Gasteiger partial charge is 0.460 e. The lowest BCUT2D eigenvalue weighted by molar-refractivity contribution is 0.0318. The van der Waals surface area contributed by atoms with Gasteiger partial charge in [0, 0.05) is 53.4 Å². The van der Waals surface area contributed by atoms with E-state index in [-0.39, 0.29) is 0 Å². The Kier molecular flexibility index (Phi) is 4.92. The van der Waals surface area contributed by atoms with Gasteiger partial charge < -0.3 is 24.5 Å². The van der Waals surface area contributed by atoms with Crippen LogP contribution >= 0.6 is 0 Å². The van der Waals surface area contributed by atoms with Crippen LogP contribution in [-0.2, 0) is 0 Å². The molecule has 33 heavy (non-hydrogen) atoms. The number of aromatic nitrogens is 3. The van der Waals surface area contributed by atoms with Crippen molar-refractivity contribution >= 4 is 23.0 Å². The monoisotopic (exact) mass is 445 g/mol. The lowest BCUT2D eigenvalue weighted by Crippen LogP contribution is -2.52. The molecule has 3 aliphatic heterocycles. The quantitative estimate of drug-likeness (QED) is 0.634. The number of imidazole rings is 1. The maximum absolute atomic E-state index is 10.8. The minimum atomic E-state index is -1.06.